The minimum atomic E-state index is -0.378. The van der Waals surface area contributed by atoms with Crippen LogP contribution in [-0.4, -0.2) is 17.4 Å². The van der Waals surface area contributed by atoms with E-state index in [1.165, 1.54) is 6.20 Å². The van der Waals surface area contributed by atoms with Crippen LogP contribution in [-0.2, 0) is 17.8 Å². The predicted molar refractivity (Wildman–Crippen MR) is 87.9 cm³/mol. The topological polar surface area (TPSA) is 77.8 Å². The van der Waals surface area contributed by atoms with E-state index in [0.717, 1.165) is 17.7 Å². The van der Waals surface area contributed by atoms with Crippen LogP contribution < -0.4 is 10.6 Å². The molecular weight excluding hydrogens is 288 g/mol. The Labute approximate surface area is 135 Å². The van der Waals surface area contributed by atoms with Crippen molar-refractivity contribution in [3.8, 4) is 6.07 Å². The Morgan fingerprint density at radius 3 is 2.65 bits per heavy atom. The average Bonchev–Trinajstić information content (AvgIpc) is 2.60. The van der Waals surface area contributed by atoms with Crippen LogP contribution >= 0.6 is 0 Å². The van der Waals surface area contributed by atoms with Crippen molar-refractivity contribution < 1.29 is 4.79 Å². The molecule has 23 heavy (non-hydrogen) atoms. The molecule has 2 N–H and O–H groups in total. The van der Waals surface area contributed by atoms with Gasteiger partial charge in [0.1, 0.15) is 11.6 Å². The molecule has 2 aromatic rings. The summed E-state index contributed by atoms with van der Waals surface area (Å²) in [5.74, 6) is -0.378. The van der Waals surface area contributed by atoms with Gasteiger partial charge in [-0.15, -0.1) is 0 Å². The molecule has 0 aliphatic carbocycles. The van der Waals surface area contributed by atoms with E-state index in [-0.39, 0.29) is 11.5 Å². The summed E-state index contributed by atoms with van der Waals surface area (Å²) in [5.41, 5.74) is 2.03. The Hall–Kier alpha value is -3.13. The quantitative estimate of drug-likeness (QED) is 0.605. The monoisotopic (exact) mass is 306 g/mol. The maximum absolute atomic E-state index is 11.9. The van der Waals surface area contributed by atoms with Crippen LogP contribution in [0.3, 0.4) is 0 Å². The summed E-state index contributed by atoms with van der Waals surface area (Å²) in [4.78, 5) is 16.1. The number of nitriles is 1. The van der Waals surface area contributed by atoms with Crippen molar-refractivity contribution in [2.24, 2.45) is 0 Å². The lowest BCUT2D eigenvalue weighted by Crippen LogP contribution is -2.27. The molecular formula is C18H18N4O. The van der Waals surface area contributed by atoms with Crippen molar-refractivity contribution in [1.82, 2.24) is 15.6 Å². The van der Waals surface area contributed by atoms with E-state index < -0.39 is 0 Å². The summed E-state index contributed by atoms with van der Waals surface area (Å²) in [6, 6.07) is 17.4. The van der Waals surface area contributed by atoms with Crippen molar-refractivity contribution in [2.75, 3.05) is 6.54 Å². The van der Waals surface area contributed by atoms with E-state index in [0.29, 0.717) is 13.1 Å². The standard InChI is InChI=1S/C18H18N4O/c19-12-16(13-20-14-17-8-4-5-10-21-17)18(23)22-11-9-15-6-2-1-3-7-15/h1-8,10,13,20H,9,11,14H2,(H,22,23)/b16-13-. The van der Waals surface area contributed by atoms with Gasteiger partial charge in [-0.3, -0.25) is 9.78 Å². The molecule has 116 valence electrons. The molecule has 1 amide bonds. The summed E-state index contributed by atoms with van der Waals surface area (Å²) in [6.07, 6.45) is 3.85. The van der Waals surface area contributed by atoms with E-state index in [1.54, 1.807) is 6.20 Å². The molecule has 2 rings (SSSR count). The number of benzene rings is 1. The normalized spacial score (nSPS) is 10.7. The number of hydrogen-bond acceptors (Lipinski definition) is 4. The lowest BCUT2D eigenvalue weighted by molar-refractivity contribution is -0.117. The van der Waals surface area contributed by atoms with Crippen molar-refractivity contribution in [1.29, 1.82) is 5.26 Å². The molecule has 0 aliphatic rings. The predicted octanol–water partition coefficient (Wildman–Crippen LogP) is 1.94. The highest BCUT2D eigenvalue weighted by atomic mass is 16.1. The molecule has 1 heterocycles. The smallest absolute Gasteiger partial charge is 0.263 e. The highest BCUT2D eigenvalue weighted by Gasteiger charge is 2.07. The van der Waals surface area contributed by atoms with E-state index in [2.05, 4.69) is 15.6 Å². The Balaban J connectivity index is 1.79. The molecule has 0 spiro atoms. The van der Waals surface area contributed by atoms with Crippen molar-refractivity contribution >= 4 is 5.91 Å². The Morgan fingerprint density at radius 2 is 1.96 bits per heavy atom. The van der Waals surface area contributed by atoms with Crippen LogP contribution in [0.15, 0.2) is 66.5 Å². The van der Waals surface area contributed by atoms with Gasteiger partial charge >= 0.3 is 0 Å². The first-order valence-corrected chi connectivity index (χ1v) is 7.35. The number of pyridine rings is 1. The van der Waals surface area contributed by atoms with E-state index in [9.17, 15) is 4.79 Å². The van der Waals surface area contributed by atoms with Crippen molar-refractivity contribution in [3.05, 3.63) is 77.8 Å². The fourth-order valence-corrected chi connectivity index (χ4v) is 1.97. The van der Waals surface area contributed by atoms with Crippen LogP contribution in [0.1, 0.15) is 11.3 Å². The number of rotatable bonds is 7. The molecule has 5 nitrogen and oxygen atoms in total. The van der Waals surface area contributed by atoms with Gasteiger partial charge in [0.25, 0.3) is 5.91 Å². The summed E-state index contributed by atoms with van der Waals surface area (Å²) in [6.45, 7) is 0.950. The van der Waals surface area contributed by atoms with Gasteiger partial charge in [0.05, 0.1) is 12.2 Å². The van der Waals surface area contributed by atoms with Crippen molar-refractivity contribution in [2.45, 2.75) is 13.0 Å². The molecule has 0 aliphatic heterocycles. The van der Waals surface area contributed by atoms with Gasteiger partial charge in [-0.05, 0) is 24.1 Å². The first kappa shape index (κ1) is 16.2. The second-order valence-electron chi connectivity index (χ2n) is 4.86. The van der Waals surface area contributed by atoms with Gasteiger partial charge in [0.15, 0.2) is 0 Å². The maximum Gasteiger partial charge on any atom is 0.263 e. The lowest BCUT2D eigenvalue weighted by Gasteiger charge is -2.05. The molecule has 0 radical (unpaired) electrons. The molecule has 0 saturated heterocycles. The molecule has 0 fully saturated rings. The van der Waals surface area contributed by atoms with E-state index in [4.69, 9.17) is 5.26 Å². The SMILES string of the molecule is N#C/C(=C/NCc1ccccn1)C(=O)NCCc1ccccc1. The summed E-state index contributed by atoms with van der Waals surface area (Å²) >= 11 is 0. The number of carbonyl (C=O) groups excluding carboxylic acids is 1. The molecule has 0 saturated carbocycles. The minimum absolute atomic E-state index is 0.0500. The van der Waals surface area contributed by atoms with Gasteiger partial charge in [-0.2, -0.15) is 5.26 Å². The second-order valence-corrected chi connectivity index (χ2v) is 4.86. The zero-order valence-electron chi connectivity index (χ0n) is 12.7. The first-order chi connectivity index (χ1) is 11.3. The van der Waals surface area contributed by atoms with Gasteiger partial charge in [0.2, 0.25) is 0 Å². The zero-order valence-corrected chi connectivity index (χ0v) is 12.7. The minimum Gasteiger partial charge on any atom is -0.384 e. The Morgan fingerprint density at radius 1 is 1.17 bits per heavy atom. The van der Waals surface area contributed by atoms with E-state index >= 15 is 0 Å². The van der Waals surface area contributed by atoms with Crippen LogP contribution in [0, 0.1) is 11.3 Å². The third-order valence-corrected chi connectivity index (χ3v) is 3.16. The largest absolute Gasteiger partial charge is 0.384 e. The summed E-state index contributed by atoms with van der Waals surface area (Å²) in [5, 5.41) is 14.8. The fourth-order valence-electron chi connectivity index (χ4n) is 1.97. The third-order valence-electron chi connectivity index (χ3n) is 3.16. The van der Waals surface area contributed by atoms with Crippen LogP contribution in [0.25, 0.3) is 0 Å². The number of nitrogens with zero attached hydrogens (tertiary/aromatic N) is 2. The molecule has 0 bridgehead atoms. The maximum atomic E-state index is 11.9. The number of amides is 1. The molecule has 1 aromatic heterocycles. The number of aromatic nitrogens is 1. The molecule has 0 unspecified atom stereocenters. The Bertz CT molecular complexity index is 690. The zero-order chi connectivity index (χ0) is 16.3. The first-order valence-electron chi connectivity index (χ1n) is 7.35. The second kappa shape index (κ2) is 9.00. The fraction of sp³-hybridized carbons (Fsp3) is 0.167. The molecule has 1 aromatic carbocycles. The van der Waals surface area contributed by atoms with Crippen LogP contribution in [0.2, 0.25) is 0 Å². The number of hydrogen-bond donors (Lipinski definition) is 2. The summed E-state index contributed by atoms with van der Waals surface area (Å²) < 4.78 is 0. The number of nitrogens with one attached hydrogen (secondary N) is 2. The van der Waals surface area contributed by atoms with Gasteiger partial charge in [-0.1, -0.05) is 36.4 Å². The highest BCUT2D eigenvalue weighted by Crippen LogP contribution is 1.99. The Kier molecular flexibility index (Phi) is 6.36. The van der Waals surface area contributed by atoms with Gasteiger partial charge < -0.3 is 10.6 Å². The van der Waals surface area contributed by atoms with Crippen LogP contribution in [0.4, 0.5) is 0 Å². The highest BCUT2D eigenvalue weighted by molar-refractivity contribution is 5.97. The van der Waals surface area contributed by atoms with Crippen LogP contribution in [0.5, 0.6) is 0 Å². The molecule has 5 heteroatoms. The molecule has 0 atom stereocenters. The number of carbonyl (C=O) groups is 1. The van der Waals surface area contributed by atoms with E-state index in [1.807, 2.05) is 54.6 Å². The third kappa shape index (κ3) is 5.64. The van der Waals surface area contributed by atoms with Crippen molar-refractivity contribution in [3.63, 3.8) is 0 Å². The lowest BCUT2D eigenvalue weighted by atomic mass is 10.1. The van der Waals surface area contributed by atoms with Gasteiger partial charge in [-0.25, -0.2) is 0 Å². The van der Waals surface area contributed by atoms with Gasteiger partial charge in [0, 0.05) is 18.9 Å². The summed E-state index contributed by atoms with van der Waals surface area (Å²) in [7, 11) is 0. The average molecular weight is 306 g/mol.